The summed E-state index contributed by atoms with van der Waals surface area (Å²) in [5.74, 6) is 0. The zero-order valence-electron chi connectivity index (χ0n) is 8.52. The molecular weight excluding hydrogens is 172 g/mol. The number of hydrogen-bond donors (Lipinski definition) is 2. The van der Waals surface area contributed by atoms with E-state index in [1.165, 1.54) is 27.7 Å². The first-order valence-corrected chi connectivity index (χ1v) is 5.08. The van der Waals surface area contributed by atoms with E-state index in [1.807, 2.05) is 0 Å². The van der Waals surface area contributed by atoms with Crippen LogP contribution in [-0.4, -0.2) is 11.5 Å². The van der Waals surface area contributed by atoms with Crippen LogP contribution in [0.3, 0.4) is 0 Å². The van der Waals surface area contributed by atoms with Gasteiger partial charge in [-0.2, -0.15) is 0 Å². The molecule has 0 amide bonds. The highest BCUT2D eigenvalue weighted by atomic mass is 15.1. The van der Waals surface area contributed by atoms with Crippen LogP contribution < -0.4 is 5.32 Å². The Morgan fingerprint density at radius 1 is 1.29 bits per heavy atom. The molecule has 2 heterocycles. The van der Waals surface area contributed by atoms with Gasteiger partial charge < -0.3 is 10.3 Å². The number of H-pyrrole nitrogens is 1. The number of aromatic nitrogens is 1. The Labute approximate surface area is 83.3 Å². The van der Waals surface area contributed by atoms with Crippen LogP contribution >= 0.6 is 0 Å². The van der Waals surface area contributed by atoms with Gasteiger partial charge >= 0.3 is 0 Å². The van der Waals surface area contributed by atoms with E-state index in [4.69, 9.17) is 0 Å². The van der Waals surface area contributed by atoms with Gasteiger partial charge in [-0.15, -0.1) is 0 Å². The normalized spacial score (nSPS) is 20.3. The van der Waals surface area contributed by atoms with Crippen molar-refractivity contribution in [1.82, 2.24) is 10.3 Å². The molecule has 72 valence electrons. The monoisotopic (exact) mass is 186 g/mol. The minimum Gasteiger partial charge on any atom is -0.358 e. The second kappa shape index (κ2) is 2.61. The quantitative estimate of drug-likeness (QED) is 0.659. The Morgan fingerprint density at radius 2 is 2.07 bits per heavy atom. The summed E-state index contributed by atoms with van der Waals surface area (Å²) in [4.78, 5) is 3.44. The van der Waals surface area contributed by atoms with Gasteiger partial charge in [0.15, 0.2) is 0 Å². The molecule has 0 aliphatic carbocycles. The molecule has 2 aromatic rings. The van der Waals surface area contributed by atoms with Crippen LogP contribution in [0.1, 0.15) is 22.9 Å². The third-order valence-electron chi connectivity index (χ3n) is 2.95. The van der Waals surface area contributed by atoms with Crippen molar-refractivity contribution in [2.45, 2.75) is 19.9 Å². The van der Waals surface area contributed by atoms with Gasteiger partial charge in [0.2, 0.25) is 0 Å². The van der Waals surface area contributed by atoms with Crippen LogP contribution in [0.2, 0.25) is 0 Å². The summed E-state index contributed by atoms with van der Waals surface area (Å²) >= 11 is 0. The van der Waals surface area contributed by atoms with Gasteiger partial charge in [-0.3, -0.25) is 0 Å². The van der Waals surface area contributed by atoms with E-state index < -0.39 is 0 Å². The van der Waals surface area contributed by atoms with Crippen LogP contribution in [0.5, 0.6) is 0 Å². The Hall–Kier alpha value is -1.28. The summed E-state index contributed by atoms with van der Waals surface area (Å²) in [5.41, 5.74) is 5.36. The Kier molecular flexibility index (Phi) is 1.50. The smallest absolute Gasteiger partial charge is 0.0471 e. The van der Waals surface area contributed by atoms with Crippen molar-refractivity contribution in [3.63, 3.8) is 0 Å². The van der Waals surface area contributed by atoms with E-state index in [1.54, 1.807) is 0 Å². The summed E-state index contributed by atoms with van der Waals surface area (Å²) in [6, 6.07) is 7.19. The highest BCUT2D eigenvalue weighted by Gasteiger charge is 2.27. The molecule has 14 heavy (non-hydrogen) atoms. The Morgan fingerprint density at radius 3 is 2.79 bits per heavy atom. The standard InChI is InChI=1S/C12H14N2/c1-7-3-4-10-9(5-7)12(8(2)14-10)11-6-13-11/h3-5,11,13-14H,6H2,1-2H3/t11-/m1/s1. The highest BCUT2D eigenvalue weighted by molar-refractivity contribution is 5.86. The van der Waals surface area contributed by atoms with Crippen molar-refractivity contribution >= 4 is 10.9 Å². The van der Waals surface area contributed by atoms with Crippen molar-refractivity contribution < 1.29 is 0 Å². The number of nitrogens with one attached hydrogen (secondary N) is 2. The van der Waals surface area contributed by atoms with Crippen molar-refractivity contribution in [3.05, 3.63) is 35.0 Å². The van der Waals surface area contributed by atoms with E-state index >= 15 is 0 Å². The van der Waals surface area contributed by atoms with Crippen molar-refractivity contribution in [3.8, 4) is 0 Å². The lowest BCUT2D eigenvalue weighted by atomic mass is 10.1. The number of aryl methyl sites for hydroxylation is 2. The minimum absolute atomic E-state index is 0.588. The lowest BCUT2D eigenvalue weighted by molar-refractivity contribution is 1.06. The maximum atomic E-state index is 3.44. The predicted molar refractivity (Wildman–Crippen MR) is 58.5 cm³/mol. The molecule has 1 aromatic heterocycles. The third kappa shape index (κ3) is 1.07. The van der Waals surface area contributed by atoms with Crippen LogP contribution in [0.4, 0.5) is 0 Å². The fourth-order valence-electron chi connectivity index (χ4n) is 2.17. The summed E-state index contributed by atoms with van der Waals surface area (Å²) in [7, 11) is 0. The van der Waals surface area contributed by atoms with E-state index in [0.29, 0.717) is 6.04 Å². The van der Waals surface area contributed by atoms with Gasteiger partial charge in [0.05, 0.1) is 0 Å². The highest BCUT2D eigenvalue weighted by Crippen LogP contribution is 2.32. The Balaban J connectivity index is 2.34. The van der Waals surface area contributed by atoms with Crippen molar-refractivity contribution in [1.29, 1.82) is 0 Å². The van der Waals surface area contributed by atoms with Crippen LogP contribution in [0, 0.1) is 13.8 Å². The fourth-order valence-corrected chi connectivity index (χ4v) is 2.17. The third-order valence-corrected chi connectivity index (χ3v) is 2.95. The lowest BCUT2D eigenvalue weighted by Crippen LogP contribution is -1.85. The van der Waals surface area contributed by atoms with Crippen molar-refractivity contribution in [2.75, 3.05) is 6.54 Å². The molecule has 1 fully saturated rings. The molecule has 0 saturated carbocycles. The average molecular weight is 186 g/mol. The average Bonchev–Trinajstić information content (AvgIpc) is 2.90. The van der Waals surface area contributed by atoms with Gasteiger partial charge in [0, 0.05) is 29.2 Å². The second-order valence-electron chi connectivity index (χ2n) is 4.17. The zero-order valence-corrected chi connectivity index (χ0v) is 8.52. The molecule has 1 saturated heterocycles. The van der Waals surface area contributed by atoms with Crippen molar-refractivity contribution in [2.24, 2.45) is 0 Å². The molecule has 1 aromatic carbocycles. The first-order chi connectivity index (χ1) is 6.75. The van der Waals surface area contributed by atoms with Crippen LogP contribution in [-0.2, 0) is 0 Å². The SMILES string of the molecule is Cc1ccc2[nH]c(C)c([C@H]3CN3)c2c1. The molecule has 1 aliphatic heterocycles. The van der Waals surface area contributed by atoms with Crippen LogP contribution in [0.15, 0.2) is 18.2 Å². The van der Waals surface area contributed by atoms with Gasteiger partial charge in [-0.05, 0) is 31.5 Å². The number of rotatable bonds is 1. The van der Waals surface area contributed by atoms with E-state index in [-0.39, 0.29) is 0 Å². The number of aromatic amines is 1. The van der Waals surface area contributed by atoms with E-state index in [0.717, 1.165) is 6.54 Å². The van der Waals surface area contributed by atoms with Gasteiger partial charge in [0.1, 0.15) is 0 Å². The lowest BCUT2D eigenvalue weighted by Gasteiger charge is -1.97. The van der Waals surface area contributed by atoms with Gasteiger partial charge in [-0.1, -0.05) is 11.6 Å². The van der Waals surface area contributed by atoms with Gasteiger partial charge in [-0.25, -0.2) is 0 Å². The first kappa shape index (κ1) is 8.06. The first-order valence-electron chi connectivity index (χ1n) is 5.08. The van der Waals surface area contributed by atoms with Crippen LogP contribution in [0.25, 0.3) is 10.9 Å². The number of benzene rings is 1. The summed E-state index contributed by atoms with van der Waals surface area (Å²) in [6.45, 7) is 5.43. The zero-order chi connectivity index (χ0) is 9.71. The molecule has 0 unspecified atom stereocenters. The minimum atomic E-state index is 0.588. The molecule has 0 radical (unpaired) electrons. The maximum Gasteiger partial charge on any atom is 0.0471 e. The molecule has 2 N–H and O–H groups in total. The molecule has 1 aliphatic rings. The van der Waals surface area contributed by atoms with E-state index in [2.05, 4.69) is 42.3 Å². The molecular formula is C12H14N2. The topological polar surface area (TPSA) is 37.7 Å². The van der Waals surface area contributed by atoms with Gasteiger partial charge in [0.25, 0.3) is 0 Å². The molecule has 2 nitrogen and oxygen atoms in total. The molecule has 3 rings (SSSR count). The summed E-state index contributed by atoms with van der Waals surface area (Å²) in [6.07, 6.45) is 0. The largest absolute Gasteiger partial charge is 0.358 e. The maximum absolute atomic E-state index is 3.44. The number of fused-ring (bicyclic) bond motifs is 1. The van der Waals surface area contributed by atoms with E-state index in [9.17, 15) is 0 Å². The summed E-state index contributed by atoms with van der Waals surface area (Å²) in [5, 5.41) is 4.76. The molecule has 0 bridgehead atoms. The molecule has 1 atom stereocenters. The number of hydrogen-bond acceptors (Lipinski definition) is 1. The predicted octanol–water partition coefficient (Wildman–Crippen LogP) is 2.43. The molecule has 2 heteroatoms. The summed E-state index contributed by atoms with van der Waals surface area (Å²) < 4.78 is 0. The Bertz CT molecular complexity index is 492. The fraction of sp³-hybridized carbons (Fsp3) is 0.333. The second-order valence-corrected chi connectivity index (χ2v) is 4.17. The molecule has 0 spiro atoms.